The van der Waals surface area contributed by atoms with E-state index >= 15 is 0 Å². The second kappa shape index (κ2) is 7.74. The minimum absolute atomic E-state index is 0.00810. The van der Waals surface area contributed by atoms with Gasteiger partial charge in [-0.05, 0) is 17.4 Å². The molecule has 1 atom stereocenters. The summed E-state index contributed by atoms with van der Waals surface area (Å²) >= 11 is 3.30. The van der Waals surface area contributed by atoms with Gasteiger partial charge in [0.05, 0.1) is 11.9 Å². The predicted molar refractivity (Wildman–Crippen MR) is 74.3 cm³/mol. The van der Waals surface area contributed by atoms with Crippen LogP contribution in [0, 0.1) is 5.92 Å². The van der Waals surface area contributed by atoms with E-state index < -0.39 is 6.10 Å². The molecular weight excluding hydrogens is 254 g/mol. The number of hydrogen-bond acceptors (Lipinski definition) is 4. The van der Waals surface area contributed by atoms with Crippen LogP contribution >= 0.6 is 23.1 Å². The Bertz CT molecular complexity index is 325. The van der Waals surface area contributed by atoms with Gasteiger partial charge >= 0.3 is 0 Å². The van der Waals surface area contributed by atoms with Crippen LogP contribution in [-0.2, 0) is 10.5 Å². The maximum Gasteiger partial charge on any atom is 0.230 e. The van der Waals surface area contributed by atoms with Crippen LogP contribution in [-0.4, -0.2) is 29.4 Å². The fourth-order valence-electron chi connectivity index (χ4n) is 1.14. The van der Waals surface area contributed by atoms with Gasteiger partial charge in [0.1, 0.15) is 0 Å². The minimum atomic E-state index is -0.457. The topological polar surface area (TPSA) is 49.3 Å². The number of rotatable bonds is 7. The van der Waals surface area contributed by atoms with E-state index in [0.717, 1.165) is 5.75 Å². The lowest BCUT2D eigenvalue weighted by molar-refractivity contribution is -0.119. The average molecular weight is 273 g/mol. The summed E-state index contributed by atoms with van der Waals surface area (Å²) in [5, 5.41) is 14.3. The molecule has 0 aliphatic carbocycles. The Morgan fingerprint density at radius 2 is 2.35 bits per heavy atom. The van der Waals surface area contributed by atoms with Crippen molar-refractivity contribution in [2.45, 2.75) is 25.7 Å². The fraction of sp³-hybridized carbons (Fsp3) is 0.583. The summed E-state index contributed by atoms with van der Waals surface area (Å²) in [6.07, 6.45) is -0.457. The van der Waals surface area contributed by atoms with E-state index in [0.29, 0.717) is 12.3 Å². The summed E-state index contributed by atoms with van der Waals surface area (Å²) in [5.74, 6) is 1.49. The Morgan fingerprint density at radius 3 is 2.94 bits per heavy atom. The fourth-order valence-corrected chi connectivity index (χ4v) is 2.84. The lowest BCUT2D eigenvalue weighted by Crippen LogP contribution is -2.35. The van der Waals surface area contributed by atoms with Crippen molar-refractivity contribution in [2.75, 3.05) is 12.3 Å². The maximum absolute atomic E-state index is 11.5. The van der Waals surface area contributed by atoms with Crippen LogP contribution in [0.5, 0.6) is 0 Å². The van der Waals surface area contributed by atoms with Gasteiger partial charge in [0, 0.05) is 17.2 Å². The lowest BCUT2D eigenvalue weighted by atomic mass is 10.1. The third kappa shape index (κ3) is 6.10. The Kier molecular flexibility index (Phi) is 6.62. The maximum atomic E-state index is 11.5. The van der Waals surface area contributed by atoms with Crippen molar-refractivity contribution >= 4 is 29.0 Å². The van der Waals surface area contributed by atoms with Gasteiger partial charge in [-0.2, -0.15) is 0 Å². The van der Waals surface area contributed by atoms with Gasteiger partial charge in [-0.3, -0.25) is 4.79 Å². The Balaban J connectivity index is 2.09. The second-order valence-electron chi connectivity index (χ2n) is 4.19. The molecule has 5 heteroatoms. The minimum Gasteiger partial charge on any atom is -0.391 e. The predicted octanol–water partition coefficient (Wildman–Crippen LogP) is 2.11. The first-order valence-electron chi connectivity index (χ1n) is 5.64. The second-order valence-corrected chi connectivity index (χ2v) is 6.21. The molecule has 0 radical (unpaired) electrons. The van der Waals surface area contributed by atoms with Gasteiger partial charge in [0.15, 0.2) is 0 Å². The first-order chi connectivity index (χ1) is 8.09. The van der Waals surface area contributed by atoms with Crippen molar-refractivity contribution in [3.8, 4) is 0 Å². The third-order valence-corrected chi connectivity index (χ3v) is 4.38. The highest BCUT2D eigenvalue weighted by molar-refractivity contribution is 7.99. The first-order valence-corrected chi connectivity index (χ1v) is 7.68. The summed E-state index contributed by atoms with van der Waals surface area (Å²) in [4.78, 5) is 12.7. The van der Waals surface area contributed by atoms with Crippen molar-refractivity contribution in [3.63, 3.8) is 0 Å². The number of hydrogen-bond donors (Lipinski definition) is 2. The summed E-state index contributed by atoms with van der Waals surface area (Å²) in [7, 11) is 0. The monoisotopic (exact) mass is 273 g/mol. The quantitative estimate of drug-likeness (QED) is 0.800. The molecule has 0 spiro atoms. The van der Waals surface area contributed by atoms with Crippen LogP contribution in [0.15, 0.2) is 17.5 Å². The smallest absolute Gasteiger partial charge is 0.230 e. The van der Waals surface area contributed by atoms with Gasteiger partial charge in [-0.15, -0.1) is 23.1 Å². The molecule has 3 nitrogen and oxygen atoms in total. The van der Waals surface area contributed by atoms with Gasteiger partial charge < -0.3 is 10.4 Å². The lowest BCUT2D eigenvalue weighted by Gasteiger charge is -2.14. The molecule has 1 amide bonds. The van der Waals surface area contributed by atoms with Crippen molar-refractivity contribution in [2.24, 2.45) is 5.92 Å². The number of thioether (sulfide) groups is 1. The van der Waals surface area contributed by atoms with Crippen LogP contribution in [0.3, 0.4) is 0 Å². The van der Waals surface area contributed by atoms with Gasteiger partial charge in [0.2, 0.25) is 5.91 Å². The molecule has 1 unspecified atom stereocenters. The normalized spacial score (nSPS) is 12.7. The van der Waals surface area contributed by atoms with Crippen LogP contribution in [0.2, 0.25) is 0 Å². The summed E-state index contributed by atoms with van der Waals surface area (Å²) in [6, 6.07) is 4.08. The molecular formula is C12H19NO2S2. The summed E-state index contributed by atoms with van der Waals surface area (Å²) in [6.45, 7) is 4.21. The molecule has 17 heavy (non-hydrogen) atoms. The molecule has 0 aliphatic rings. The highest BCUT2D eigenvalue weighted by Crippen LogP contribution is 2.16. The molecule has 1 rings (SSSR count). The Morgan fingerprint density at radius 1 is 1.59 bits per heavy atom. The SMILES string of the molecule is CC(C)C(O)CNC(=O)CSCc1cccs1. The van der Waals surface area contributed by atoms with E-state index in [-0.39, 0.29) is 11.8 Å². The van der Waals surface area contributed by atoms with E-state index in [2.05, 4.69) is 11.4 Å². The zero-order chi connectivity index (χ0) is 12.7. The molecule has 1 heterocycles. The zero-order valence-corrected chi connectivity index (χ0v) is 11.8. The van der Waals surface area contributed by atoms with Gasteiger partial charge in [-0.1, -0.05) is 19.9 Å². The number of aliphatic hydroxyl groups is 1. The van der Waals surface area contributed by atoms with Crippen molar-refractivity contribution in [1.82, 2.24) is 5.32 Å². The molecule has 0 bridgehead atoms. The van der Waals surface area contributed by atoms with Crippen LogP contribution in [0.4, 0.5) is 0 Å². The third-order valence-electron chi connectivity index (χ3n) is 2.34. The average Bonchev–Trinajstić information content (AvgIpc) is 2.78. The van der Waals surface area contributed by atoms with Gasteiger partial charge in [0.25, 0.3) is 0 Å². The first kappa shape index (κ1) is 14.5. The van der Waals surface area contributed by atoms with Crippen molar-refractivity contribution < 1.29 is 9.90 Å². The molecule has 0 fully saturated rings. The Labute approximate surface area is 111 Å². The number of carbonyl (C=O) groups excluding carboxylic acids is 1. The van der Waals surface area contributed by atoms with E-state index in [1.165, 1.54) is 4.88 Å². The van der Waals surface area contributed by atoms with E-state index in [1.54, 1.807) is 23.1 Å². The van der Waals surface area contributed by atoms with Crippen molar-refractivity contribution in [1.29, 1.82) is 0 Å². The largest absolute Gasteiger partial charge is 0.391 e. The highest BCUT2D eigenvalue weighted by atomic mass is 32.2. The Hall–Kier alpha value is -0.520. The van der Waals surface area contributed by atoms with Crippen LogP contribution < -0.4 is 5.32 Å². The zero-order valence-electron chi connectivity index (χ0n) is 10.2. The number of nitrogens with one attached hydrogen (secondary N) is 1. The standard InChI is InChI=1S/C12H19NO2S2/c1-9(2)11(14)6-13-12(15)8-16-7-10-4-3-5-17-10/h3-5,9,11,14H,6-8H2,1-2H3,(H,13,15). The van der Waals surface area contributed by atoms with Crippen LogP contribution in [0.25, 0.3) is 0 Å². The van der Waals surface area contributed by atoms with E-state index in [4.69, 9.17) is 0 Å². The number of aliphatic hydroxyl groups excluding tert-OH is 1. The summed E-state index contributed by atoms with van der Waals surface area (Å²) < 4.78 is 0. The molecule has 1 aromatic heterocycles. The van der Waals surface area contributed by atoms with E-state index in [9.17, 15) is 9.90 Å². The number of thiophene rings is 1. The molecule has 0 aromatic carbocycles. The molecule has 0 saturated heterocycles. The molecule has 0 aliphatic heterocycles. The van der Waals surface area contributed by atoms with Crippen LogP contribution in [0.1, 0.15) is 18.7 Å². The van der Waals surface area contributed by atoms with E-state index in [1.807, 2.05) is 25.3 Å². The highest BCUT2D eigenvalue weighted by Gasteiger charge is 2.10. The number of carbonyl (C=O) groups is 1. The number of amides is 1. The molecule has 1 aromatic rings. The molecule has 0 saturated carbocycles. The van der Waals surface area contributed by atoms with Gasteiger partial charge in [-0.25, -0.2) is 0 Å². The van der Waals surface area contributed by atoms with Crippen molar-refractivity contribution in [3.05, 3.63) is 22.4 Å². The molecule has 96 valence electrons. The summed E-state index contributed by atoms with van der Waals surface area (Å²) in [5.41, 5.74) is 0. The molecule has 2 N–H and O–H groups in total.